The standard InChI is InChI=1S/C15H15N3S/c1-16-8-7-15-17-9-6-13(18-15)12-10-19-14-5-3-2-4-11(12)14/h2-6,9-10,16H,7-8H2,1H3. The van der Waals surface area contributed by atoms with E-state index in [9.17, 15) is 0 Å². The van der Waals surface area contributed by atoms with Crippen molar-refractivity contribution in [2.45, 2.75) is 6.42 Å². The maximum atomic E-state index is 4.66. The van der Waals surface area contributed by atoms with Crippen molar-refractivity contribution in [1.82, 2.24) is 15.3 Å². The lowest BCUT2D eigenvalue weighted by atomic mass is 10.1. The molecule has 0 amide bonds. The minimum absolute atomic E-state index is 0.854. The summed E-state index contributed by atoms with van der Waals surface area (Å²) in [5, 5.41) is 6.57. The summed E-state index contributed by atoms with van der Waals surface area (Å²) in [6, 6.07) is 10.4. The van der Waals surface area contributed by atoms with Crippen molar-refractivity contribution in [2.75, 3.05) is 13.6 Å². The van der Waals surface area contributed by atoms with E-state index in [-0.39, 0.29) is 0 Å². The van der Waals surface area contributed by atoms with E-state index in [0.29, 0.717) is 0 Å². The van der Waals surface area contributed by atoms with Crippen molar-refractivity contribution in [3.8, 4) is 11.3 Å². The van der Waals surface area contributed by atoms with Crippen LogP contribution in [0.15, 0.2) is 41.9 Å². The zero-order chi connectivity index (χ0) is 13.1. The van der Waals surface area contributed by atoms with Crippen LogP contribution in [-0.2, 0) is 6.42 Å². The summed E-state index contributed by atoms with van der Waals surface area (Å²) in [6.07, 6.45) is 2.70. The summed E-state index contributed by atoms with van der Waals surface area (Å²) >= 11 is 1.76. The molecule has 0 fully saturated rings. The second-order valence-corrected chi connectivity index (χ2v) is 5.27. The zero-order valence-electron chi connectivity index (χ0n) is 10.8. The van der Waals surface area contributed by atoms with Gasteiger partial charge in [-0.2, -0.15) is 0 Å². The molecule has 3 aromatic rings. The number of aromatic nitrogens is 2. The number of rotatable bonds is 4. The molecule has 0 bridgehead atoms. The maximum absolute atomic E-state index is 4.66. The number of nitrogens with one attached hydrogen (secondary N) is 1. The van der Waals surface area contributed by atoms with Gasteiger partial charge in [-0.3, -0.25) is 0 Å². The molecule has 0 radical (unpaired) electrons. The molecule has 0 saturated heterocycles. The van der Waals surface area contributed by atoms with Gasteiger partial charge in [-0.15, -0.1) is 11.3 Å². The molecule has 0 aliphatic heterocycles. The number of nitrogens with zero attached hydrogens (tertiary/aromatic N) is 2. The predicted octanol–water partition coefficient (Wildman–Crippen LogP) is 3.12. The number of benzene rings is 1. The molecule has 3 rings (SSSR count). The molecular formula is C15H15N3S. The van der Waals surface area contributed by atoms with E-state index in [4.69, 9.17) is 0 Å². The molecule has 3 nitrogen and oxygen atoms in total. The Morgan fingerprint density at radius 1 is 1.21 bits per heavy atom. The van der Waals surface area contributed by atoms with Crippen LogP contribution in [0.3, 0.4) is 0 Å². The van der Waals surface area contributed by atoms with Gasteiger partial charge in [-0.25, -0.2) is 9.97 Å². The Hall–Kier alpha value is -1.78. The first-order valence-corrected chi connectivity index (χ1v) is 7.19. The highest BCUT2D eigenvalue weighted by molar-refractivity contribution is 7.17. The lowest BCUT2D eigenvalue weighted by Gasteiger charge is -2.03. The fraction of sp³-hybridized carbons (Fsp3) is 0.200. The van der Waals surface area contributed by atoms with Crippen LogP contribution >= 0.6 is 11.3 Å². The van der Waals surface area contributed by atoms with Crippen LogP contribution in [-0.4, -0.2) is 23.6 Å². The smallest absolute Gasteiger partial charge is 0.130 e. The molecule has 19 heavy (non-hydrogen) atoms. The average Bonchev–Trinajstić information content (AvgIpc) is 2.89. The molecule has 2 aromatic heterocycles. The Morgan fingerprint density at radius 3 is 3.00 bits per heavy atom. The van der Waals surface area contributed by atoms with Crippen LogP contribution in [0.25, 0.3) is 21.3 Å². The van der Waals surface area contributed by atoms with Gasteiger partial charge in [-0.1, -0.05) is 18.2 Å². The Balaban J connectivity index is 2.01. The molecule has 0 saturated carbocycles. The first-order valence-electron chi connectivity index (χ1n) is 6.31. The number of fused-ring (bicyclic) bond motifs is 1. The summed E-state index contributed by atoms with van der Waals surface area (Å²) in [4.78, 5) is 8.98. The van der Waals surface area contributed by atoms with E-state index in [2.05, 4.69) is 44.9 Å². The lowest BCUT2D eigenvalue weighted by molar-refractivity contribution is 0.756. The van der Waals surface area contributed by atoms with E-state index in [0.717, 1.165) is 24.5 Å². The van der Waals surface area contributed by atoms with Crippen molar-refractivity contribution >= 4 is 21.4 Å². The fourth-order valence-electron chi connectivity index (χ4n) is 2.08. The highest BCUT2D eigenvalue weighted by Crippen LogP contribution is 2.32. The Morgan fingerprint density at radius 2 is 2.11 bits per heavy atom. The molecule has 0 spiro atoms. The zero-order valence-corrected chi connectivity index (χ0v) is 11.6. The van der Waals surface area contributed by atoms with E-state index in [1.54, 1.807) is 11.3 Å². The minimum atomic E-state index is 0.854. The summed E-state index contributed by atoms with van der Waals surface area (Å²) in [6.45, 7) is 0.897. The summed E-state index contributed by atoms with van der Waals surface area (Å²) in [5.41, 5.74) is 2.22. The second-order valence-electron chi connectivity index (χ2n) is 4.36. The van der Waals surface area contributed by atoms with E-state index in [1.165, 1.54) is 15.6 Å². The van der Waals surface area contributed by atoms with Crippen LogP contribution < -0.4 is 5.32 Å². The Bertz CT molecular complexity index is 690. The van der Waals surface area contributed by atoms with E-state index in [1.807, 2.05) is 19.3 Å². The molecular weight excluding hydrogens is 254 g/mol. The first-order chi connectivity index (χ1) is 9.38. The molecule has 0 aliphatic rings. The summed E-state index contributed by atoms with van der Waals surface area (Å²) < 4.78 is 1.30. The van der Waals surface area contributed by atoms with Crippen molar-refractivity contribution < 1.29 is 0 Å². The van der Waals surface area contributed by atoms with Crippen LogP contribution in [0, 0.1) is 0 Å². The molecule has 1 aromatic carbocycles. The van der Waals surface area contributed by atoms with Gasteiger partial charge < -0.3 is 5.32 Å². The van der Waals surface area contributed by atoms with Gasteiger partial charge in [0.05, 0.1) is 5.69 Å². The van der Waals surface area contributed by atoms with Gasteiger partial charge >= 0.3 is 0 Å². The first kappa shape index (κ1) is 12.3. The average molecular weight is 269 g/mol. The van der Waals surface area contributed by atoms with Gasteiger partial charge in [0.1, 0.15) is 5.82 Å². The maximum Gasteiger partial charge on any atom is 0.130 e. The van der Waals surface area contributed by atoms with Gasteiger partial charge in [0, 0.05) is 40.2 Å². The van der Waals surface area contributed by atoms with Crippen LogP contribution in [0.4, 0.5) is 0 Å². The van der Waals surface area contributed by atoms with Gasteiger partial charge in [-0.05, 0) is 19.2 Å². The predicted molar refractivity (Wildman–Crippen MR) is 80.5 cm³/mol. The third kappa shape index (κ3) is 2.50. The monoisotopic (exact) mass is 269 g/mol. The van der Waals surface area contributed by atoms with Crippen molar-refractivity contribution in [1.29, 1.82) is 0 Å². The second kappa shape index (κ2) is 5.47. The molecule has 1 N–H and O–H groups in total. The fourth-order valence-corrected chi connectivity index (χ4v) is 3.04. The van der Waals surface area contributed by atoms with E-state index >= 15 is 0 Å². The van der Waals surface area contributed by atoms with Gasteiger partial charge in [0.2, 0.25) is 0 Å². The topological polar surface area (TPSA) is 37.8 Å². The van der Waals surface area contributed by atoms with Crippen molar-refractivity contribution in [2.24, 2.45) is 0 Å². The number of hydrogen-bond donors (Lipinski definition) is 1. The normalized spacial score (nSPS) is 11.0. The molecule has 2 heterocycles. The quantitative estimate of drug-likeness (QED) is 0.791. The van der Waals surface area contributed by atoms with Crippen LogP contribution in [0.5, 0.6) is 0 Å². The number of hydrogen-bond acceptors (Lipinski definition) is 4. The minimum Gasteiger partial charge on any atom is -0.319 e. The number of likely N-dealkylation sites (N-methyl/N-ethyl adjacent to an activating group) is 1. The highest BCUT2D eigenvalue weighted by Gasteiger charge is 2.08. The third-order valence-electron chi connectivity index (χ3n) is 3.06. The molecule has 96 valence electrons. The van der Waals surface area contributed by atoms with Crippen LogP contribution in [0.2, 0.25) is 0 Å². The molecule has 4 heteroatoms. The van der Waals surface area contributed by atoms with E-state index < -0.39 is 0 Å². The van der Waals surface area contributed by atoms with Crippen LogP contribution in [0.1, 0.15) is 5.82 Å². The largest absolute Gasteiger partial charge is 0.319 e. The SMILES string of the molecule is CNCCc1nccc(-c2csc3ccccc23)n1. The lowest BCUT2D eigenvalue weighted by Crippen LogP contribution is -2.12. The molecule has 0 unspecified atom stereocenters. The molecule has 0 atom stereocenters. The summed E-state index contributed by atoms with van der Waals surface area (Å²) in [7, 11) is 1.94. The van der Waals surface area contributed by atoms with Gasteiger partial charge in [0.15, 0.2) is 0 Å². The third-order valence-corrected chi connectivity index (χ3v) is 4.02. The summed E-state index contributed by atoms with van der Waals surface area (Å²) in [5.74, 6) is 0.891. The van der Waals surface area contributed by atoms with Crippen molar-refractivity contribution in [3.05, 3.63) is 47.7 Å². The van der Waals surface area contributed by atoms with Gasteiger partial charge in [0.25, 0.3) is 0 Å². The highest BCUT2D eigenvalue weighted by atomic mass is 32.1. The number of thiophene rings is 1. The Kier molecular flexibility index (Phi) is 3.53. The molecule has 0 aliphatic carbocycles. The van der Waals surface area contributed by atoms with Crippen molar-refractivity contribution in [3.63, 3.8) is 0 Å². The Labute approximate surface area is 116 Å².